The normalized spacial score (nSPS) is 29.2. The van der Waals surface area contributed by atoms with Gasteiger partial charge in [0.25, 0.3) is 10.0 Å². The Labute approximate surface area is 113 Å². The van der Waals surface area contributed by atoms with Crippen LogP contribution in [0.15, 0.2) is 52.5 Å². The number of sulfonamides is 1. The molecular weight excluding hydrogens is 260 g/mol. The van der Waals surface area contributed by atoms with Crippen LogP contribution in [0.4, 0.5) is 0 Å². The second kappa shape index (κ2) is 4.81. The lowest BCUT2D eigenvalue weighted by atomic mass is 9.95. The summed E-state index contributed by atoms with van der Waals surface area (Å²) >= 11 is 0. The number of nitrogens with one attached hydrogen (secondary N) is 1. The lowest BCUT2D eigenvalue weighted by Gasteiger charge is -2.12. The second-order valence-corrected chi connectivity index (χ2v) is 6.79. The van der Waals surface area contributed by atoms with Gasteiger partial charge in [-0.1, -0.05) is 30.4 Å². The van der Waals surface area contributed by atoms with Crippen molar-refractivity contribution in [2.75, 3.05) is 0 Å². The molecular formula is C14H16N2O2S. The molecule has 1 aromatic carbocycles. The van der Waals surface area contributed by atoms with Crippen LogP contribution in [0.5, 0.6) is 0 Å². The van der Waals surface area contributed by atoms with E-state index >= 15 is 0 Å². The largest absolute Gasteiger partial charge is 0.276 e. The summed E-state index contributed by atoms with van der Waals surface area (Å²) in [6, 6.07) is 8.28. The van der Waals surface area contributed by atoms with Crippen LogP contribution in [0.2, 0.25) is 0 Å². The third-order valence-electron chi connectivity index (χ3n) is 3.82. The number of rotatable bonds is 4. The van der Waals surface area contributed by atoms with Crippen molar-refractivity contribution < 1.29 is 8.42 Å². The van der Waals surface area contributed by atoms with E-state index in [1.54, 1.807) is 36.5 Å². The molecule has 0 saturated heterocycles. The molecule has 0 spiro atoms. The van der Waals surface area contributed by atoms with Crippen molar-refractivity contribution in [2.45, 2.75) is 17.7 Å². The van der Waals surface area contributed by atoms with E-state index in [0.717, 1.165) is 6.42 Å². The van der Waals surface area contributed by atoms with Crippen LogP contribution in [0, 0.1) is 17.8 Å². The molecule has 2 aliphatic carbocycles. The maximum Gasteiger partial charge on any atom is 0.276 e. The van der Waals surface area contributed by atoms with Crippen molar-refractivity contribution in [3.8, 4) is 0 Å². The molecule has 0 aliphatic heterocycles. The van der Waals surface area contributed by atoms with E-state index in [-0.39, 0.29) is 4.90 Å². The predicted octanol–water partition coefficient (Wildman–Crippen LogP) is 2.16. The molecule has 2 bridgehead atoms. The van der Waals surface area contributed by atoms with Gasteiger partial charge in [0.05, 0.1) is 4.90 Å². The Kier molecular flexibility index (Phi) is 3.14. The number of hydrogen-bond acceptors (Lipinski definition) is 3. The summed E-state index contributed by atoms with van der Waals surface area (Å²) < 4.78 is 23.9. The Morgan fingerprint density at radius 1 is 1.16 bits per heavy atom. The highest BCUT2D eigenvalue weighted by Gasteiger charge is 2.34. The third kappa shape index (κ3) is 2.56. The van der Waals surface area contributed by atoms with Gasteiger partial charge in [-0.2, -0.15) is 13.5 Å². The molecule has 100 valence electrons. The van der Waals surface area contributed by atoms with Crippen molar-refractivity contribution in [1.29, 1.82) is 0 Å². The molecule has 1 fully saturated rings. The van der Waals surface area contributed by atoms with E-state index in [1.807, 2.05) is 0 Å². The summed E-state index contributed by atoms with van der Waals surface area (Å²) in [5.74, 6) is 1.57. The lowest BCUT2D eigenvalue weighted by molar-refractivity contribution is 0.578. The topological polar surface area (TPSA) is 58.5 Å². The van der Waals surface area contributed by atoms with Crippen molar-refractivity contribution in [3.63, 3.8) is 0 Å². The van der Waals surface area contributed by atoms with Gasteiger partial charge in [-0.3, -0.25) is 0 Å². The molecule has 19 heavy (non-hydrogen) atoms. The lowest BCUT2D eigenvalue weighted by Crippen LogP contribution is -2.20. The smallest absolute Gasteiger partial charge is 0.200 e. The maximum atomic E-state index is 11.9. The van der Waals surface area contributed by atoms with Crippen LogP contribution < -0.4 is 4.83 Å². The first-order valence-electron chi connectivity index (χ1n) is 6.43. The van der Waals surface area contributed by atoms with Crippen LogP contribution in [-0.2, 0) is 10.0 Å². The molecule has 5 heteroatoms. The molecule has 3 atom stereocenters. The number of allylic oxidation sites excluding steroid dienone is 2. The first-order valence-corrected chi connectivity index (χ1v) is 7.92. The minimum atomic E-state index is -3.53. The SMILES string of the molecule is O=S(=O)(NN=CC1CC2C=CC1C2)c1ccccc1. The maximum absolute atomic E-state index is 11.9. The van der Waals surface area contributed by atoms with Gasteiger partial charge in [0.1, 0.15) is 0 Å². The third-order valence-corrected chi connectivity index (χ3v) is 5.06. The molecule has 0 heterocycles. The monoisotopic (exact) mass is 276 g/mol. The Morgan fingerprint density at radius 2 is 1.95 bits per heavy atom. The highest BCUT2D eigenvalue weighted by Crippen LogP contribution is 2.42. The summed E-state index contributed by atoms with van der Waals surface area (Å²) in [5.41, 5.74) is 0. The summed E-state index contributed by atoms with van der Waals surface area (Å²) in [4.78, 5) is 2.52. The molecule has 1 aromatic rings. The van der Waals surface area contributed by atoms with Gasteiger partial charge in [0, 0.05) is 12.1 Å². The van der Waals surface area contributed by atoms with Crippen LogP contribution >= 0.6 is 0 Å². The molecule has 4 nitrogen and oxygen atoms in total. The Morgan fingerprint density at radius 3 is 2.58 bits per heavy atom. The summed E-state index contributed by atoms with van der Waals surface area (Å²) in [5, 5.41) is 3.92. The average Bonchev–Trinajstić information content (AvgIpc) is 3.02. The van der Waals surface area contributed by atoms with Crippen LogP contribution in [0.1, 0.15) is 12.8 Å². The number of benzene rings is 1. The molecule has 2 aliphatic rings. The van der Waals surface area contributed by atoms with Crippen molar-refractivity contribution in [3.05, 3.63) is 42.5 Å². The predicted molar refractivity (Wildman–Crippen MR) is 74.1 cm³/mol. The van der Waals surface area contributed by atoms with E-state index in [0.29, 0.717) is 17.8 Å². The average molecular weight is 276 g/mol. The first-order chi connectivity index (χ1) is 9.15. The summed E-state index contributed by atoms with van der Waals surface area (Å²) in [6.07, 6.45) is 8.48. The van der Waals surface area contributed by atoms with Gasteiger partial charge in [0.2, 0.25) is 0 Å². The molecule has 1 saturated carbocycles. The first kappa shape index (κ1) is 12.4. The second-order valence-electron chi connectivity index (χ2n) is 5.13. The molecule has 1 N–H and O–H groups in total. The molecule has 0 amide bonds. The van der Waals surface area contributed by atoms with Gasteiger partial charge >= 0.3 is 0 Å². The molecule has 3 rings (SSSR count). The minimum absolute atomic E-state index is 0.236. The van der Waals surface area contributed by atoms with Gasteiger partial charge in [-0.15, -0.1) is 0 Å². The van der Waals surface area contributed by atoms with Crippen LogP contribution in [0.3, 0.4) is 0 Å². The Bertz CT molecular complexity index is 608. The molecule has 3 unspecified atom stereocenters. The molecule has 0 radical (unpaired) electrons. The zero-order chi connectivity index (χ0) is 13.3. The quantitative estimate of drug-likeness (QED) is 0.520. The minimum Gasteiger partial charge on any atom is -0.200 e. The van der Waals surface area contributed by atoms with Crippen LogP contribution in [0.25, 0.3) is 0 Å². The summed E-state index contributed by atoms with van der Waals surface area (Å²) in [7, 11) is -3.53. The fourth-order valence-corrected chi connectivity index (χ4v) is 3.66. The highest BCUT2D eigenvalue weighted by atomic mass is 32.2. The number of fused-ring (bicyclic) bond motifs is 2. The van der Waals surface area contributed by atoms with E-state index in [4.69, 9.17) is 0 Å². The van der Waals surface area contributed by atoms with Gasteiger partial charge < -0.3 is 0 Å². The van der Waals surface area contributed by atoms with Gasteiger partial charge in [-0.05, 0) is 36.8 Å². The zero-order valence-electron chi connectivity index (χ0n) is 10.4. The van der Waals surface area contributed by atoms with Gasteiger partial charge in [0.15, 0.2) is 0 Å². The van der Waals surface area contributed by atoms with Crippen molar-refractivity contribution in [2.24, 2.45) is 22.9 Å². The van der Waals surface area contributed by atoms with Crippen LogP contribution in [-0.4, -0.2) is 14.6 Å². The van der Waals surface area contributed by atoms with Crippen molar-refractivity contribution >= 4 is 16.2 Å². The van der Waals surface area contributed by atoms with E-state index in [1.165, 1.54) is 6.42 Å². The fraction of sp³-hybridized carbons (Fsp3) is 0.357. The highest BCUT2D eigenvalue weighted by molar-refractivity contribution is 7.89. The summed E-state index contributed by atoms with van der Waals surface area (Å²) in [6.45, 7) is 0. The standard InChI is InChI=1S/C14H16N2O2S/c17-19(18,14-4-2-1-3-5-14)16-15-10-13-9-11-6-7-12(13)8-11/h1-7,10-13,16H,8-9H2. The number of hydrogen-bond donors (Lipinski definition) is 1. The Hall–Kier alpha value is -1.62. The van der Waals surface area contributed by atoms with Gasteiger partial charge in [-0.25, -0.2) is 4.83 Å². The Balaban J connectivity index is 1.65. The number of hydrazone groups is 1. The number of nitrogens with zero attached hydrogens (tertiary/aromatic N) is 1. The molecule has 0 aromatic heterocycles. The van der Waals surface area contributed by atoms with E-state index in [2.05, 4.69) is 22.1 Å². The van der Waals surface area contributed by atoms with Crippen molar-refractivity contribution in [1.82, 2.24) is 4.83 Å². The van der Waals surface area contributed by atoms with E-state index < -0.39 is 10.0 Å². The zero-order valence-corrected chi connectivity index (χ0v) is 11.3. The fourth-order valence-electron chi connectivity index (χ4n) is 2.84. The van der Waals surface area contributed by atoms with E-state index in [9.17, 15) is 8.42 Å².